The van der Waals surface area contributed by atoms with Gasteiger partial charge in [-0.2, -0.15) is 0 Å². The Morgan fingerprint density at radius 2 is 1.90 bits per heavy atom. The first-order chi connectivity index (χ1) is 9.70. The molecule has 4 heteroatoms. The Bertz CT molecular complexity index is 503. The minimum Gasteiger partial charge on any atom is -0.492 e. The highest BCUT2D eigenvalue weighted by Crippen LogP contribution is 2.60. The minimum absolute atomic E-state index is 0.724. The van der Waals surface area contributed by atoms with Crippen molar-refractivity contribution in [2.75, 3.05) is 6.61 Å². The maximum absolute atomic E-state index is 9.32. The van der Waals surface area contributed by atoms with Crippen LogP contribution >= 0.6 is 15.9 Å². The summed E-state index contributed by atoms with van der Waals surface area (Å²) in [7, 11) is 0. The standard InChI is InChI=1S/C16H21BrNO2/c17-15-8-18(19)4-3-16(15)20-9-10-5-13-11-1-2-12(7-11)14(13)6-10/h3-4,8,10-14,19H,1-2,5-7,9H2/q+1. The van der Waals surface area contributed by atoms with Gasteiger partial charge in [-0.25, -0.2) is 0 Å². The molecule has 3 aliphatic carbocycles. The van der Waals surface area contributed by atoms with Crippen LogP contribution in [0.15, 0.2) is 22.9 Å². The lowest BCUT2D eigenvalue weighted by Gasteiger charge is -2.23. The second-order valence-corrected chi connectivity index (χ2v) is 7.70. The van der Waals surface area contributed by atoms with E-state index in [0.29, 0.717) is 0 Å². The fourth-order valence-electron chi connectivity index (χ4n) is 5.04. The molecule has 4 unspecified atom stereocenters. The highest BCUT2D eigenvalue weighted by Gasteiger charge is 2.51. The maximum Gasteiger partial charge on any atom is 0.240 e. The third-order valence-corrected chi connectivity index (χ3v) is 6.42. The Kier molecular flexibility index (Phi) is 3.17. The molecule has 0 amide bonds. The molecular formula is C16H21BrNO2+. The zero-order chi connectivity index (χ0) is 13.7. The van der Waals surface area contributed by atoms with E-state index in [1.54, 1.807) is 12.4 Å². The molecule has 0 saturated heterocycles. The number of fused-ring (bicyclic) bond motifs is 5. The summed E-state index contributed by atoms with van der Waals surface area (Å²) >= 11 is 3.43. The van der Waals surface area contributed by atoms with Gasteiger partial charge in [0, 0.05) is 4.73 Å². The SMILES string of the molecule is O[n+]1ccc(OCC2CC3C4CCC(C4)C3C2)c(Br)c1. The van der Waals surface area contributed by atoms with Crippen LogP contribution in [0.3, 0.4) is 0 Å². The lowest BCUT2D eigenvalue weighted by molar-refractivity contribution is -0.905. The number of hydrogen-bond acceptors (Lipinski definition) is 2. The van der Waals surface area contributed by atoms with Gasteiger partial charge in [-0.3, -0.25) is 5.21 Å². The number of ether oxygens (including phenoxy) is 1. The van der Waals surface area contributed by atoms with Gasteiger partial charge in [0.25, 0.3) is 0 Å². The fourth-order valence-corrected chi connectivity index (χ4v) is 5.49. The monoisotopic (exact) mass is 338 g/mol. The molecule has 3 fully saturated rings. The van der Waals surface area contributed by atoms with Gasteiger partial charge in [0.2, 0.25) is 12.4 Å². The van der Waals surface area contributed by atoms with Gasteiger partial charge in [-0.05, 0) is 77.6 Å². The van der Waals surface area contributed by atoms with Crippen LogP contribution in [0.2, 0.25) is 0 Å². The highest BCUT2D eigenvalue weighted by molar-refractivity contribution is 9.10. The molecule has 108 valence electrons. The Balaban J connectivity index is 1.37. The van der Waals surface area contributed by atoms with Crippen molar-refractivity contribution in [2.45, 2.75) is 32.1 Å². The van der Waals surface area contributed by atoms with Gasteiger partial charge in [0.1, 0.15) is 10.2 Å². The van der Waals surface area contributed by atoms with Crippen molar-refractivity contribution in [3.8, 4) is 5.75 Å². The molecule has 3 nitrogen and oxygen atoms in total. The minimum atomic E-state index is 0.724. The summed E-state index contributed by atoms with van der Waals surface area (Å²) in [6, 6.07) is 1.81. The average Bonchev–Trinajstić information content (AvgIpc) is 3.10. The van der Waals surface area contributed by atoms with Crippen molar-refractivity contribution < 1.29 is 14.7 Å². The molecule has 4 rings (SSSR count). The summed E-state index contributed by atoms with van der Waals surface area (Å²) in [4.78, 5) is 0. The highest BCUT2D eigenvalue weighted by atomic mass is 79.9. The number of rotatable bonds is 3. The van der Waals surface area contributed by atoms with Crippen LogP contribution in [0.5, 0.6) is 5.75 Å². The Labute approximate surface area is 128 Å². The number of nitrogens with zero attached hydrogens (tertiary/aromatic N) is 1. The zero-order valence-corrected chi connectivity index (χ0v) is 13.1. The Morgan fingerprint density at radius 1 is 1.20 bits per heavy atom. The van der Waals surface area contributed by atoms with Crippen molar-refractivity contribution in [2.24, 2.45) is 29.6 Å². The molecule has 3 aliphatic rings. The lowest BCUT2D eigenvalue weighted by atomic mass is 9.82. The molecule has 0 aromatic carbocycles. The summed E-state index contributed by atoms with van der Waals surface area (Å²) in [6.45, 7) is 0.820. The molecule has 20 heavy (non-hydrogen) atoms. The van der Waals surface area contributed by atoms with E-state index in [2.05, 4.69) is 15.9 Å². The molecular weight excluding hydrogens is 318 g/mol. The van der Waals surface area contributed by atoms with Crippen molar-refractivity contribution >= 4 is 15.9 Å². The van der Waals surface area contributed by atoms with Gasteiger partial charge < -0.3 is 4.74 Å². The second kappa shape index (κ2) is 4.90. The molecule has 1 heterocycles. The molecule has 0 radical (unpaired) electrons. The average molecular weight is 339 g/mol. The van der Waals surface area contributed by atoms with Crippen molar-refractivity contribution in [3.63, 3.8) is 0 Å². The van der Waals surface area contributed by atoms with E-state index in [1.165, 1.54) is 32.1 Å². The number of aromatic nitrogens is 1. The van der Waals surface area contributed by atoms with E-state index >= 15 is 0 Å². The topological polar surface area (TPSA) is 33.3 Å². The predicted molar refractivity (Wildman–Crippen MR) is 77.6 cm³/mol. The van der Waals surface area contributed by atoms with Gasteiger partial charge in [0.05, 0.1) is 12.7 Å². The molecule has 1 aromatic heterocycles. The van der Waals surface area contributed by atoms with Gasteiger partial charge in [-0.15, -0.1) is 0 Å². The van der Waals surface area contributed by atoms with Crippen LogP contribution in [0, 0.1) is 29.6 Å². The fraction of sp³-hybridized carbons (Fsp3) is 0.688. The van der Waals surface area contributed by atoms with E-state index in [4.69, 9.17) is 4.74 Å². The van der Waals surface area contributed by atoms with Crippen LogP contribution in [0.25, 0.3) is 0 Å². The third kappa shape index (κ3) is 2.12. The normalized spacial score (nSPS) is 38.1. The first kappa shape index (κ1) is 12.9. The van der Waals surface area contributed by atoms with Crippen LogP contribution < -0.4 is 9.47 Å². The molecule has 0 spiro atoms. The molecule has 1 aromatic rings. The van der Waals surface area contributed by atoms with Crippen LogP contribution in [-0.4, -0.2) is 11.8 Å². The van der Waals surface area contributed by atoms with Crippen LogP contribution in [-0.2, 0) is 0 Å². The van der Waals surface area contributed by atoms with E-state index in [0.717, 1.165) is 51.1 Å². The maximum atomic E-state index is 9.32. The van der Waals surface area contributed by atoms with Crippen LogP contribution in [0.1, 0.15) is 32.1 Å². The molecule has 2 bridgehead atoms. The zero-order valence-electron chi connectivity index (χ0n) is 11.5. The lowest BCUT2D eigenvalue weighted by Crippen LogP contribution is -2.28. The predicted octanol–water partition coefficient (Wildman–Crippen LogP) is 3.43. The van der Waals surface area contributed by atoms with Crippen LogP contribution in [0.4, 0.5) is 0 Å². The van der Waals surface area contributed by atoms with E-state index in [1.807, 2.05) is 6.07 Å². The summed E-state index contributed by atoms with van der Waals surface area (Å²) < 4.78 is 7.80. The second-order valence-electron chi connectivity index (χ2n) is 6.85. The van der Waals surface area contributed by atoms with Gasteiger partial charge >= 0.3 is 0 Å². The van der Waals surface area contributed by atoms with Gasteiger partial charge in [-0.1, -0.05) is 0 Å². The smallest absolute Gasteiger partial charge is 0.240 e. The van der Waals surface area contributed by atoms with E-state index in [-0.39, 0.29) is 0 Å². The van der Waals surface area contributed by atoms with Crippen molar-refractivity contribution in [1.29, 1.82) is 0 Å². The molecule has 3 saturated carbocycles. The first-order valence-corrected chi connectivity index (χ1v) is 8.53. The largest absolute Gasteiger partial charge is 0.492 e. The summed E-state index contributed by atoms with van der Waals surface area (Å²) in [5.41, 5.74) is 0. The van der Waals surface area contributed by atoms with E-state index < -0.39 is 0 Å². The summed E-state index contributed by atoms with van der Waals surface area (Å²) in [5.74, 6) is 5.62. The Morgan fingerprint density at radius 3 is 2.55 bits per heavy atom. The third-order valence-electron chi connectivity index (χ3n) is 5.82. The van der Waals surface area contributed by atoms with Crippen molar-refractivity contribution in [1.82, 2.24) is 0 Å². The first-order valence-electron chi connectivity index (χ1n) is 7.73. The van der Waals surface area contributed by atoms with E-state index in [9.17, 15) is 5.21 Å². The molecule has 4 atom stereocenters. The quantitative estimate of drug-likeness (QED) is 0.676. The van der Waals surface area contributed by atoms with Crippen molar-refractivity contribution in [3.05, 3.63) is 22.9 Å². The summed E-state index contributed by atoms with van der Waals surface area (Å²) in [6.07, 6.45) is 10.4. The molecule has 1 N–H and O–H groups in total. The molecule has 0 aliphatic heterocycles. The Hall–Kier alpha value is -0.770. The van der Waals surface area contributed by atoms with Gasteiger partial charge in [0.15, 0.2) is 0 Å². The summed E-state index contributed by atoms with van der Waals surface area (Å²) in [5, 5.41) is 9.32. The number of halogens is 1. The number of pyridine rings is 1. The number of hydrogen-bond donors (Lipinski definition) is 1.